The van der Waals surface area contributed by atoms with Gasteiger partial charge in [-0.25, -0.2) is 4.39 Å². The number of halogens is 2. The molecule has 0 spiro atoms. The van der Waals surface area contributed by atoms with E-state index >= 15 is 0 Å². The van der Waals surface area contributed by atoms with Gasteiger partial charge >= 0.3 is 0 Å². The first-order chi connectivity index (χ1) is 10.5. The van der Waals surface area contributed by atoms with Gasteiger partial charge in [-0.15, -0.1) is 0 Å². The van der Waals surface area contributed by atoms with E-state index in [0.717, 1.165) is 11.6 Å². The van der Waals surface area contributed by atoms with Crippen LogP contribution in [-0.4, -0.2) is 18.3 Å². The summed E-state index contributed by atoms with van der Waals surface area (Å²) in [6.45, 7) is 0.231. The maximum atomic E-state index is 13.2. The minimum atomic E-state index is -0.542. The van der Waals surface area contributed by atoms with Gasteiger partial charge in [0, 0.05) is 12.1 Å². The van der Waals surface area contributed by atoms with Gasteiger partial charge in [0.25, 0.3) is 11.1 Å². The number of carbonyl (C=O) groups excluding carboxylic acids is 2. The molecular weight excluding hydrogens is 309 g/mol. The van der Waals surface area contributed by atoms with E-state index in [0.29, 0.717) is 11.3 Å². The summed E-state index contributed by atoms with van der Waals surface area (Å²) >= 11 is 5.35. The van der Waals surface area contributed by atoms with Crippen molar-refractivity contribution in [2.45, 2.75) is 6.54 Å². The first-order valence-corrected chi connectivity index (χ1v) is 6.79. The lowest BCUT2D eigenvalue weighted by atomic mass is 10.1. The number of amides is 1. The van der Waals surface area contributed by atoms with Crippen LogP contribution in [0, 0.1) is 5.82 Å². The molecule has 0 fully saturated rings. The molecule has 2 aromatic rings. The van der Waals surface area contributed by atoms with Gasteiger partial charge in [0.05, 0.1) is 12.7 Å². The molecule has 2 rings (SSSR count). The summed E-state index contributed by atoms with van der Waals surface area (Å²) in [5, 5.41) is 2.12. The second kappa shape index (κ2) is 7.04. The smallest absolute Gasteiger partial charge is 0.255 e. The van der Waals surface area contributed by atoms with E-state index in [1.165, 1.54) is 19.2 Å². The van der Waals surface area contributed by atoms with Crippen LogP contribution in [0.2, 0.25) is 0 Å². The molecule has 114 valence electrons. The minimum absolute atomic E-state index is 0.120. The monoisotopic (exact) mass is 321 g/mol. The van der Waals surface area contributed by atoms with E-state index < -0.39 is 17.0 Å². The van der Waals surface area contributed by atoms with Crippen molar-refractivity contribution in [3.63, 3.8) is 0 Å². The fraction of sp³-hybridized carbons (Fsp3) is 0.125. The first-order valence-electron chi connectivity index (χ1n) is 6.42. The normalized spacial score (nSPS) is 10.1. The van der Waals surface area contributed by atoms with Gasteiger partial charge in [-0.05, 0) is 47.5 Å². The Hall–Kier alpha value is -2.40. The van der Waals surface area contributed by atoms with Gasteiger partial charge in [0.15, 0.2) is 0 Å². The molecule has 0 atom stereocenters. The van der Waals surface area contributed by atoms with Gasteiger partial charge in [-0.3, -0.25) is 9.59 Å². The average Bonchev–Trinajstić information content (AvgIpc) is 2.53. The zero-order valence-electron chi connectivity index (χ0n) is 11.7. The lowest BCUT2D eigenvalue weighted by molar-refractivity contribution is 0.0946. The first kappa shape index (κ1) is 16.0. The highest BCUT2D eigenvalue weighted by atomic mass is 35.5. The largest absolute Gasteiger partial charge is 0.496 e. The second-order valence-corrected chi connectivity index (χ2v) is 4.84. The molecule has 0 aliphatic rings. The van der Waals surface area contributed by atoms with Crippen LogP contribution >= 0.6 is 11.6 Å². The third-order valence-corrected chi connectivity index (χ3v) is 3.26. The van der Waals surface area contributed by atoms with Gasteiger partial charge in [0.1, 0.15) is 11.6 Å². The number of benzene rings is 2. The minimum Gasteiger partial charge on any atom is -0.496 e. The van der Waals surface area contributed by atoms with Crippen LogP contribution in [0.15, 0.2) is 42.5 Å². The third kappa shape index (κ3) is 3.83. The Balaban J connectivity index is 2.06. The Morgan fingerprint density at radius 3 is 2.45 bits per heavy atom. The van der Waals surface area contributed by atoms with Crippen LogP contribution in [0.25, 0.3) is 0 Å². The molecule has 0 unspecified atom stereocenters. The topological polar surface area (TPSA) is 55.4 Å². The van der Waals surface area contributed by atoms with Crippen LogP contribution in [-0.2, 0) is 6.54 Å². The maximum absolute atomic E-state index is 13.2. The van der Waals surface area contributed by atoms with Crippen molar-refractivity contribution >= 4 is 22.8 Å². The van der Waals surface area contributed by atoms with Gasteiger partial charge in [-0.2, -0.15) is 0 Å². The Bertz CT molecular complexity index is 701. The van der Waals surface area contributed by atoms with Gasteiger partial charge < -0.3 is 10.1 Å². The third-order valence-electron chi connectivity index (χ3n) is 3.04. The molecule has 6 heteroatoms. The highest BCUT2D eigenvalue weighted by molar-refractivity contribution is 6.67. The van der Waals surface area contributed by atoms with Crippen molar-refractivity contribution in [1.29, 1.82) is 0 Å². The molecule has 1 amide bonds. The standard InChI is InChI=1S/C16H13ClFNO3/c1-22-14-7-6-12(18)8-13(14)16(21)19-9-10-2-4-11(5-3-10)15(17)20/h2-8H,9H2,1H3,(H,19,21). The summed E-state index contributed by atoms with van der Waals surface area (Å²) in [5.41, 5.74) is 1.28. The van der Waals surface area contributed by atoms with Crippen molar-refractivity contribution in [1.82, 2.24) is 5.32 Å². The molecule has 0 aliphatic carbocycles. The van der Waals surface area contributed by atoms with E-state index in [1.807, 2.05) is 0 Å². The summed E-state index contributed by atoms with van der Waals surface area (Å²) in [4.78, 5) is 23.0. The number of ether oxygens (including phenoxy) is 1. The van der Waals surface area contributed by atoms with Crippen molar-refractivity contribution in [3.05, 3.63) is 65.0 Å². The van der Waals surface area contributed by atoms with Crippen molar-refractivity contribution in [2.24, 2.45) is 0 Å². The Morgan fingerprint density at radius 2 is 1.86 bits per heavy atom. The number of hydrogen-bond acceptors (Lipinski definition) is 3. The lowest BCUT2D eigenvalue weighted by Crippen LogP contribution is -2.23. The maximum Gasteiger partial charge on any atom is 0.255 e. The molecule has 0 aliphatic heterocycles. The molecule has 0 saturated carbocycles. The number of rotatable bonds is 5. The van der Waals surface area contributed by atoms with Crippen LogP contribution in [0.4, 0.5) is 4.39 Å². The van der Waals surface area contributed by atoms with E-state index in [-0.39, 0.29) is 12.1 Å². The molecule has 0 saturated heterocycles. The summed E-state index contributed by atoms with van der Waals surface area (Å²) in [5.74, 6) is -0.674. The van der Waals surface area contributed by atoms with Gasteiger partial charge in [-0.1, -0.05) is 12.1 Å². The van der Waals surface area contributed by atoms with Crippen LogP contribution in [0.1, 0.15) is 26.3 Å². The molecule has 0 aromatic heterocycles. The fourth-order valence-electron chi connectivity index (χ4n) is 1.89. The number of hydrogen-bond donors (Lipinski definition) is 1. The highest BCUT2D eigenvalue weighted by Gasteiger charge is 2.13. The molecule has 0 heterocycles. The SMILES string of the molecule is COc1ccc(F)cc1C(=O)NCc1ccc(C(=O)Cl)cc1. The predicted molar refractivity (Wildman–Crippen MR) is 80.7 cm³/mol. The van der Waals surface area contributed by atoms with Crippen LogP contribution in [0.3, 0.4) is 0 Å². The summed E-state index contributed by atoms with van der Waals surface area (Å²) in [7, 11) is 1.41. The summed E-state index contributed by atoms with van der Waals surface area (Å²) in [6.07, 6.45) is 0. The molecule has 0 radical (unpaired) electrons. The predicted octanol–water partition coefficient (Wildman–Crippen LogP) is 3.14. The van der Waals surface area contributed by atoms with E-state index in [9.17, 15) is 14.0 Å². The lowest BCUT2D eigenvalue weighted by Gasteiger charge is -2.09. The van der Waals surface area contributed by atoms with E-state index in [2.05, 4.69) is 5.32 Å². The zero-order chi connectivity index (χ0) is 16.1. The molecule has 22 heavy (non-hydrogen) atoms. The Morgan fingerprint density at radius 1 is 1.18 bits per heavy atom. The molecule has 2 aromatic carbocycles. The second-order valence-electron chi connectivity index (χ2n) is 4.50. The molecule has 1 N–H and O–H groups in total. The summed E-state index contributed by atoms with van der Waals surface area (Å²) < 4.78 is 18.3. The van der Waals surface area contributed by atoms with Crippen molar-refractivity contribution in [3.8, 4) is 5.75 Å². The van der Waals surface area contributed by atoms with Crippen molar-refractivity contribution in [2.75, 3.05) is 7.11 Å². The van der Waals surface area contributed by atoms with Crippen molar-refractivity contribution < 1.29 is 18.7 Å². The number of methoxy groups -OCH3 is 1. The van der Waals surface area contributed by atoms with Crippen LogP contribution in [0.5, 0.6) is 5.75 Å². The summed E-state index contributed by atoms with van der Waals surface area (Å²) in [6, 6.07) is 10.2. The fourth-order valence-corrected chi connectivity index (χ4v) is 2.01. The molecular formula is C16H13ClFNO3. The van der Waals surface area contributed by atoms with Gasteiger partial charge in [0.2, 0.25) is 0 Å². The Labute approximate surface area is 131 Å². The average molecular weight is 322 g/mol. The zero-order valence-corrected chi connectivity index (χ0v) is 12.5. The van der Waals surface area contributed by atoms with E-state index in [1.54, 1.807) is 24.3 Å². The highest BCUT2D eigenvalue weighted by Crippen LogP contribution is 2.19. The number of nitrogens with one attached hydrogen (secondary N) is 1. The Kier molecular flexibility index (Phi) is 5.12. The number of carbonyl (C=O) groups is 2. The van der Waals surface area contributed by atoms with E-state index in [4.69, 9.17) is 16.3 Å². The quantitative estimate of drug-likeness (QED) is 0.861. The van der Waals surface area contributed by atoms with Crippen LogP contribution < -0.4 is 10.1 Å². The molecule has 0 bridgehead atoms. The molecule has 4 nitrogen and oxygen atoms in total.